The second-order valence-electron chi connectivity index (χ2n) is 2.48. The summed E-state index contributed by atoms with van der Waals surface area (Å²) in [6, 6.07) is 0. The van der Waals surface area contributed by atoms with Crippen LogP contribution in [0.3, 0.4) is 0 Å². The molecule has 0 saturated carbocycles. The van der Waals surface area contributed by atoms with Gasteiger partial charge in [-0.05, 0) is 13.7 Å². The number of H-pyrrole nitrogens is 1. The van der Waals surface area contributed by atoms with Gasteiger partial charge in [0.25, 0.3) is 0 Å². The molecule has 2 rings (SSSR count). The van der Waals surface area contributed by atoms with Gasteiger partial charge >= 0.3 is 0 Å². The van der Waals surface area contributed by atoms with Gasteiger partial charge in [-0.3, -0.25) is 5.10 Å². The fourth-order valence-corrected chi connectivity index (χ4v) is 3.45. The van der Waals surface area contributed by atoms with Crippen molar-refractivity contribution in [2.75, 3.05) is 6.61 Å². The van der Waals surface area contributed by atoms with Crippen LogP contribution in [-0.2, 0) is 0 Å². The third-order valence-corrected chi connectivity index (χ3v) is 4.31. The summed E-state index contributed by atoms with van der Waals surface area (Å²) >= 11 is -0.00437. The van der Waals surface area contributed by atoms with Crippen molar-refractivity contribution >= 4 is 30.3 Å². The van der Waals surface area contributed by atoms with Gasteiger partial charge in [-0.15, -0.1) is 0 Å². The van der Waals surface area contributed by atoms with Gasteiger partial charge < -0.3 is 5.11 Å². The standard InChI is InChI=1S/C8H9IN2O/c12-4-2-7-6-5-10-11-8(6)1-3-9-7/h1,3,5,12H,2,4H2,(H,10,11). The van der Waals surface area contributed by atoms with Crippen molar-refractivity contribution < 1.29 is 5.11 Å². The second-order valence-corrected chi connectivity index (χ2v) is 5.12. The molecule has 1 aliphatic heterocycles. The highest BCUT2D eigenvalue weighted by Crippen LogP contribution is 2.23. The van der Waals surface area contributed by atoms with E-state index in [-0.39, 0.29) is 27.3 Å². The molecule has 3 nitrogen and oxygen atoms in total. The molecular formula is C8H9IN2O. The van der Waals surface area contributed by atoms with Crippen molar-refractivity contribution in [1.82, 2.24) is 10.2 Å². The van der Waals surface area contributed by atoms with E-state index in [1.165, 1.54) is 9.07 Å². The van der Waals surface area contributed by atoms with Crippen LogP contribution < -0.4 is 0 Å². The first kappa shape index (κ1) is 8.12. The first-order chi connectivity index (χ1) is 5.92. The molecule has 1 aromatic heterocycles. The predicted molar refractivity (Wildman–Crippen MR) is 57.5 cm³/mol. The maximum absolute atomic E-state index is 8.82. The summed E-state index contributed by atoms with van der Waals surface area (Å²) in [6.45, 7) is 0.244. The van der Waals surface area contributed by atoms with E-state index in [2.05, 4.69) is 20.4 Å². The lowest BCUT2D eigenvalue weighted by molar-refractivity contribution is 0.308. The molecule has 2 N–H and O–H groups in total. The summed E-state index contributed by atoms with van der Waals surface area (Å²) in [4.78, 5) is 0. The van der Waals surface area contributed by atoms with Crippen LogP contribution in [0.2, 0.25) is 0 Å². The Balaban J connectivity index is 2.38. The van der Waals surface area contributed by atoms with Crippen LogP contribution in [0.15, 0.2) is 10.3 Å². The fourth-order valence-electron chi connectivity index (χ4n) is 1.16. The molecule has 12 heavy (non-hydrogen) atoms. The predicted octanol–water partition coefficient (Wildman–Crippen LogP) is 1.27. The number of nitrogens with zero attached hydrogens (tertiary/aromatic N) is 1. The molecule has 0 saturated heterocycles. The number of aromatic amines is 1. The third-order valence-electron chi connectivity index (χ3n) is 1.72. The highest BCUT2D eigenvalue weighted by atomic mass is 127. The van der Waals surface area contributed by atoms with Crippen LogP contribution in [0, 0.1) is 0 Å². The van der Waals surface area contributed by atoms with Crippen LogP contribution in [0.25, 0.3) is 6.08 Å². The molecule has 0 amide bonds. The van der Waals surface area contributed by atoms with Gasteiger partial charge in [-0.25, -0.2) is 0 Å². The number of aromatic nitrogens is 2. The van der Waals surface area contributed by atoms with Crippen LogP contribution in [0.4, 0.5) is 0 Å². The largest absolute Gasteiger partial charge is 0.396 e. The Kier molecular flexibility index (Phi) is 2.36. The van der Waals surface area contributed by atoms with E-state index in [0.29, 0.717) is 0 Å². The van der Waals surface area contributed by atoms with Crippen molar-refractivity contribution in [3.8, 4) is 0 Å². The lowest BCUT2D eigenvalue weighted by Gasteiger charge is -2.05. The zero-order chi connectivity index (χ0) is 8.39. The Morgan fingerprint density at radius 2 is 2.50 bits per heavy atom. The average Bonchev–Trinajstić information content (AvgIpc) is 2.53. The van der Waals surface area contributed by atoms with E-state index in [9.17, 15) is 0 Å². The average molecular weight is 276 g/mol. The lowest BCUT2D eigenvalue weighted by atomic mass is 10.1. The maximum Gasteiger partial charge on any atom is 0.0661 e. The molecule has 0 fully saturated rings. The molecule has 1 aliphatic rings. The highest BCUT2D eigenvalue weighted by molar-refractivity contribution is 14.2. The van der Waals surface area contributed by atoms with E-state index in [0.717, 1.165) is 12.1 Å². The molecule has 0 atom stereocenters. The number of rotatable bonds is 2. The molecule has 4 heteroatoms. The van der Waals surface area contributed by atoms with Gasteiger partial charge in [-0.2, -0.15) is 5.10 Å². The second kappa shape index (κ2) is 3.49. The third kappa shape index (κ3) is 1.36. The number of nitrogens with one attached hydrogen (secondary N) is 1. The van der Waals surface area contributed by atoms with Gasteiger partial charge in [-0.1, -0.05) is 20.7 Å². The number of aliphatic hydroxyl groups excluding tert-OH is 1. The molecule has 0 aliphatic carbocycles. The molecule has 0 spiro atoms. The Bertz CT molecular complexity index is 341. The zero-order valence-corrected chi connectivity index (χ0v) is 8.58. The van der Waals surface area contributed by atoms with Crippen molar-refractivity contribution in [2.24, 2.45) is 0 Å². The minimum Gasteiger partial charge on any atom is -0.396 e. The first-order valence-corrected chi connectivity index (χ1v) is 6.04. The monoisotopic (exact) mass is 276 g/mol. The van der Waals surface area contributed by atoms with Crippen molar-refractivity contribution in [1.29, 1.82) is 0 Å². The Morgan fingerprint density at radius 1 is 1.58 bits per heavy atom. The summed E-state index contributed by atoms with van der Waals surface area (Å²) in [7, 11) is 0. The normalized spacial score (nSPS) is 14.9. The highest BCUT2D eigenvalue weighted by Gasteiger charge is 2.10. The van der Waals surface area contributed by atoms with Gasteiger partial charge in [0.2, 0.25) is 0 Å². The summed E-state index contributed by atoms with van der Waals surface area (Å²) in [5.74, 6) is 0. The molecule has 1 aromatic rings. The number of halogens is 1. The van der Waals surface area contributed by atoms with Gasteiger partial charge in [0.1, 0.15) is 0 Å². The van der Waals surface area contributed by atoms with E-state index in [1.807, 2.05) is 6.20 Å². The van der Waals surface area contributed by atoms with Crippen LogP contribution in [-0.4, -0.2) is 25.4 Å². The molecule has 0 radical (unpaired) electrons. The SMILES string of the molecule is OCCC1=IC=Cc2[nH]ncc21. The van der Waals surface area contributed by atoms with E-state index in [4.69, 9.17) is 5.11 Å². The molecule has 0 bridgehead atoms. The van der Waals surface area contributed by atoms with Crippen LogP contribution in [0.1, 0.15) is 17.7 Å². The summed E-state index contributed by atoms with van der Waals surface area (Å²) in [6.07, 6.45) is 4.73. The van der Waals surface area contributed by atoms with Crippen LogP contribution in [0.5, 0.6) is 0 Å². The van der Waals surface area contributed by atoms with Gasteiger partial charge in [0, 0.05) is 18.6 Å². The van der Waals surface area contributed by atoms with E-state index < -0.39 is 0 Å². The Labute approximate surface area is 80.2 Å². The van der Waals surface area contributed by atoms with Crippen LogP contribution >= 0.6 is 20.7 Å². The minimum atomic E-state index is -0.00437. The van der Waals surface area contributed by atoms with E-state index in [1.54, 1.807) is 0 Å². The fraction of sp³-hybridized carbons (Fsp3) is 0.250. The number of aliphatic hydroxyl groups is 1. The van der Waals surface area contributed by atoms with Crippen molar-refractivity contribution in [3.63, 3.8) is 0 Å². The smallest absolute Gasteiger partial charge is 0.0661 e. The minimum absolute atomic E-state index is 0.00437. The Hall–Kier alpha value is -0.490. The van der Waals surface area contributed by atoms with Crippen molar-refractivity contribution in [2.45, 2.75) is 6.42 Å². The molecule has 2 heterocycles. The number of fused-ring (bicyclic) bond motifs is 1. The quantitative estimate of drug-likeness (QED) is 0.799. The maximum atomic E-state index is 8.82. The molecule has 0 unspecified atom stereocenters. The van der Waals surface area contributed by atoms with E-state index >= 15 is 0 Å². The lowest BCUT2D eigenvalue weighted by Crippen LogP contribution is -2.02. The number of hydrogen-bond acceptors (Lipinski definition) is 2. The molecular weight excluding hydrogens is 267 g/mol. The van der Waals surface area contributed by atoms with Gasteiger partial charge in [0.05, 0.1) is 11.9 Å². The topological polar surface area (TPSA) is 48.9 Å². The summed E-state index contributed by atoms with van der Waals surface area (Å²) in [5, 5.41) is 15.7. The number of hydrogen-bond donors (Lipinski definition) is 2. The first-order valence-electron chi connectivity index (χ1n) is 3.72. The zero-order valence-electron chi connectivity index (χ0n) is 6.42. The Morgan fingerprint density at radius 3 is 3.33 bits per heavy atom. The molecule has 64 valence electrons. The molecule has 0 aromatic carbocycles. The summed E-state index contributed by atoms with van der Waals surface area (Å²) in [5.41, 5.74) is 2.30. The van der Waals surface area contributed by atoms with Crippen molar-refractivity contribution in [3.05, 3.63) is 21.5 Å². The summed E-state index contributed by atoms with van der Waals surface area (Å²) < 4.78 is 3.58. The van der Waals surface area contributed by atoms with Gasteiger partial charge in [0.15, 0.2) is 0 Å².